The highest BCUT2D eigenvalue weighted by Gasteiger charge is 2.22. The van der Waals surface area contributed by atoms with Gasteiger partial charge < -0.3 is 19.0 Å². The fourth-order valence-corrected chi connectivity index (χ4v) is 2.32. The molecule has 24 heavy (non-hydrogen) atoms. The molecule has 0 saturated carbocycles. The van der Waals surface area contributed by atoms with E-state index < -0.39 is 12.1 Å². The van der Waals surface area contributed by atoms with E-state index in [1.54, 1.807) is 19.2 Å². The van der Waals surface area contributed by atoms with Crippen molar-refractivity contribution in [1.29, 1.82) is 0 Å². The van der Waals surface area contributed by atoms with Crippen LogP contribution in [-0.2, 0) is 9.53 Å². The van der Waals surface area contributed by atoms with Crippen molar-refractivity contribution in [2.24, 2.45) is 0 Å². The van der Waals surface area contributed by atoms with Crippen molar-refractivity contribution in [3.05, 3.63) is 47.9 Å². The normalized spacial score (nSPS) is 12.1. The highest BCUT2D eigenvalue weighted by molar-refractivity contribution is 6.10. The first kappa shape index (κ1) is 15.8. The summed E-state index contributed by atoms with van der Waals surface area (Å²) in [4.78, 5) is 27.3. The molecule has 124 valence electrons. The lowest BCUT2D eigenvalue weighted by atomic mass is 10.1. The monoisotopic (exact) mass is 328 g/mol. The number of carbonyl (C=O) groups is 2. The van der Waals surface area contributed by atoms with Crippen molar-refractivity contribution >= 4 is 22.7 Å². The van der Waals surface area contributed by atoms with Crippen LogP contribution in [0.15, 0.2) is 41.1 Å². The van der Waals surface area contributed by atoms with Crippen molar-refractivity contribution in [3.8, 4) is 5.88 Å². The van der Waals surface area contributed by atoms with Crippen molar-refractivity contribution in [1.82, 2.24) is 10.1 Å². The Labute approximate surface area is 137 Å². The van der Waals surface area contributed by atoms with Gasteiger partial charge in [-0.25, -0.2) is 4.79 Å². The first-order valence-corrected chi connectivity index (χ1v) is 7.40. The van der Waals surface area contributed by atoms with Crippen LogP contribution < -0.4 is 4.74 Å². The van der Waals surface area contributed by atoms with Crippen LogP contribution in [0.2, 0.25) is 0 Å². The lowest BCUT2D eigenvalue weighted by Gasteiger charge is -2.11. The number of aromatic nitrogens is 2. The number of ketones is 1. The number of hydrogen-bond acceptors (Lipinski definition) is 6. The summed E-state index contributed by atoms with van der Waals surface area (Å²) in [6.07, 6.45) is 0.700. The molecule has 1 aromatic carbocycles. The van der Waals surface area contributed by atoms with E-state index in [-0.39, 0.29) is 18.3 Å². The summed E-state index contributed by atoms with van der Waals surface area (Å²) in [5.74, 6) is -0.171. The minimum Gasteiger partial charge on any atom is -0.463 e. The molecule has 1 atom stereocenters. The summed E-state index contributed by atoms with van der Waals surface area (Å²) >= 11 is 0. The third kappa shape index (κ3) is 3.29. The Balaban J connectivity index is 1.60. The number of Topliss-reactive ketones (excluding diaryl/α,β-unsaturated/α-hetero) is 1. The van der Waals surface area contributed by atoms with Gasteiger partial charge in [-0.05, 0) is 25.1 Å². The summed E-state index contributed by atoms with van der Waals surface area (Å²) in [6.45, 7) is 2.89. The molecule has 0 unspecified atom stereocenters. The molecule has 0 amide bonds. The zero-order valence-corrected chi connectivity index (χ0v) is 13.2. The van der Waals surface area contributed by atoms with Crippen LogP contribution in [0.4, 0.5) is 0 Å². The highest BCUT2D eigenvalue weighted by Crippen LogP contribution is 2.20. The minimum absolute atomic E-state index is 0.194. The first-order chi connectivity index (χ1) is 11.5. The van der Waals surface area contributed by atoms with Crippen LogP contribution in [0.3, 0.4) is 0 Å². The number of para-hydroxylation sites is 1. The van der Waals surface area contributed by atoms with Gasteiger partial charge in [-0.1, -0.05) is 18.2 Å². The SMILES string of the molecule is Cc1cc(OCC(=O)O[C@H](C)C(=O)c2c[nH]c3ccccc23)no1. The van der Waals surface area contributed by atoms with E-state index in [9.17, 15) is 9.59 Å². The van der Waals surface area contributed by atoms with E-state index in [1.807, 2.05) is 24.3 Å². The molecule has 1 N–H and O–H groups in total. The molecule has 0 aliphatic carbocycles. The van der Waals surface area contributed by atoms with Crippen LogP contribution in [0.5, 0.6) is 5.88 Å². The summed E-state index contributed by atoms with van der Waals surface area (Å²) in [5, 5.41) is 4.39. The number of fused-ring (bicyclic) bond motifs is 1. The Morgan fingerprint density at radius 2 is 2.12 bits per heavy atom. The number of esters is 1. The Morgan fingerprint density at radius 1 is 1.33 bits per heavy atom. The number of rotatable bonds is 6. The molecule has 0 bridgehead atoms. The maximum absolute atomic E-state index is 12.5. The van der Waals surface area contributed by atoms with Gasteiger partial charge in [0.25, 0.3) is 5.88 Å². The third-order valence-corrected chi connectivity index (χ3v) is 3.48. The summed E-state index contributed by atoms with van der Waals surface area (Å²) in [5.41, 5.74) is 1.34. The van der Waals surface area contributed by atoms with Crippen molar-refractivity contribution in [3.63, 3.8) is 0 Å². The molecule has 2 aromatic heterocycles. The molecule has 0 spiro atoms. The highest BCUT2D eigenvalue weighted by atomic mass is 16.6. The fraction of sp³-hybridized carbons (Fsp3) is 0.235. The second kappa shape index (κ2) is 6.57. The van der Waals surface area contributed by atoms with Crippen LogP contribution in [0, 0.1) is 6.92 Å². The van der Waals surface area contributed by atoms with E-state index in [0.29, 0.717) is 11.3 Å². The van der Waals surface area contributed by atoms with E-state index in [1.165, 1.54) is 6.92 Å². The molecule has 0 saturated heterocycles. The second-order valence-electron chi connectivity index (χ2n) is 5.31. The Hall–Kier alpha value is -3.09. The summed E-state index contributed by atoms with van der Waals surface area (Å²) in [6, 6.07) is 8.98. The van der Waals surface area contributed by atoms with E-state index in [0.717, 1.165) is 10.9 Å². The number of hydrogen-bond donors (Lipinski definition) is 1. The number of nitrogens with zero attached hydrogens (tertiary/aromatic N) is 1. The smallest absolute Gasteiger partial charge is 0.344 e. The van der Waals surface area contributed by atoms with E-state index in [4.69, 9.17) is 14.0 Å². The van der Waals surface area contributed by atoms with Crippen molar-refractivity contribution in [2.75, 3.05) is 6.61 Å². The molecular formula is C17H16N2O5. The van der Waals surface area contributed by atoms with Gasteiger partial charge in [-0.3, -0.25) is 4.79 Å². The van der Waals surface area contributed by atoms with Gasteiger partial charge >= 0.3 is 5.97 Å². The van der Waals surface area contributed by atoms with Gasteiger partial charge in [0.05, 0.1) is 0 Å². The predicted molar refractivity (Wildman–Crippen MR) is 84.9 cm³/mol. The number of H-pyrrole nitrogens is 1. The summed E-state index contributed by atoms with van der Waals surface area (Å²) < 4.78 is 15.1. The lowest BCUT2D eigenvalue weighted by molar-refractivity contribution is -0.148. The Morgan fingerprint density at radius 3 is 2.88 bits per heavy atom. The standard InChI is InChI=1S/C17H16N2O5/c1-10-7-15(19-24-10)22-9-16(20)23-11(2)17(21)13-8-18-14-6-4-3-5-12(13)14/h3-8,11,18H,9H2,1-2H3/t11-/m1/s1. The maximum Gasteiger partial charge on any atom is 0.344 e. The third-order valence-electron chi connectivity index (χ3n) is 3.48. The molecule has 7 nitrogen and oxygen atoms in total. The second-order valence-corrected chi connectivity index (χ2v) is 5.31. The van der Waals surface area contributed by atoms with Crippen LogP contribution >= 0.6 is 0 Å². The molecule has 0 aliphatic heterocycles. The average Bonchev–Trinajstić information content (AvgIpc) is 3.18. The first-order valence-electron chi connectivity index (χ1n) is 7.40. The molecule has 3 rings (SSSR count). The van der Waals surface area contributed by atoms with Gasteiger partial charge in [-0.2, -0.15) is 0 Å². The van der Waals surface area contributed by atoms with E-state index in [2.05, 4.69) is 10.1 Å². The average molecular weight is 328 g/mol. The number of aryl methyl sites for hydroxylation is 1. The molecule has 3 aromatic rings. The number of benzene rings is 1. The Bertz CT molecular complexity index is 880. The molecule has 0 fully saturated rings. The molecule has 0 aliphatic rings. The number of nitrogens with one attached hydrogen (secondary N) is 1. The molecular weight excluding hydrogens is 312 g/mol. The zero-order chi connectivity index (χ0) is 17.1. The summed E-state index contributed by atoms with van der Waals surface area (Å²) in [7, 11) is 0. The number of carbonyl (C=O) groups excluding carboxylic acids is 2. The largest absolute Gasteiger partial charge is 0.463 e. The Kier molecular flexibility index (Phi) is 4.33. The van der Waals surface area contributed by atoms with Gasteiger partial charge in [-0.15, -0.1) is 0 Å². The molecule has 2 heterocycles. The topological polar surface area (TPSA) is 94.4 Å². The number of aromatic amines is 1. The fourth-order valence-electron chi connectivity index (χ4n) is 2.32. The maximum atomic E-state index is 12.5. The van der Waals surface area contributed by atoms with Crippen molar-refractivity contribution in [2.45, 2.75) is 20.0 Å². The van der Waals surface area contributed by atoms with E-state index >= 15 is 0 Å². The molecule has 7 heteroatoms. The van der Waals surface area contributed by atoms with Gasteiger partial charge in [0, 0.05) is 28.7 Å². The minimum atomic E-state index is -0.917. The lowest BCUT2D eigenvalue weighted by Crippen LogP contribution is -2.27. The van der Waals surface area contributed by atoms with Crippen molar-refractivity contribution < 1.29 is 23.6 Å². The van der Waals surface area contributed by atoms with Gasteiger partial charge in [0.15, 0.2) is 12.7 Å². The zero-order valence-electron chi connectivity index (χ0n) is 13.2. The number of ether oxygens (including phenoxy) is 2. The van der Waals surface area contributed by atoms with Gasteiger partial charge in [0.1, 0.15) is 5.76 Å². The van der Waals surface area contributed by atoms with Crippen LogP contribution in [-0.4, -0.2) is 34.6 Å². The van der Waals surface area contributed by atoms with Gasteiger partial charge in [0.2, 0.25) is 5.78 Å². The van der Waals surface area contributed by atoms with Crippen LogP contribution in [0.1, 0.15) is 23.0 Å². The quantitative estimate of drug-likeness (QED) is 0.552. The predicted octanol–water partition coefficient (Wildman–Crippen LogP) is 2.66. The van der Waals surface area contributed by atoms with Crippen LogP contribution in [0.25, 0.3) is 10.9 Å². The molecule has 0 radical (unpaired) electrons.